The van der Waals surface area contributed by atoms with Crippen molar-refractivity contribution >= 4 is 17.9 Å². The molecule has 1 atom stereocenters. The van der Waals surface area contributed by atoms with E-state index in [1.165, 1.54) is 0 Å². The number of carbonyl (C=O) groups is 3. The van der Waals surface area contributed by atoms with Gasteiger partial charge in [0.1, 0.15) is 12.2 Å². The minimum Gasteiger partial charge on any atom is -0.465 e. The second-order valence-electron chi connectivity index (χ2n) is 8.38. The van der Waals surface area contributed by atoms with Crippen LogP contribution in [0.1, 0.15) is 25.5 Å². The highest BCUT2D eigenvalue weighted by Gasteiger charge is 2.58. The van der Waals surface area contributed by atoms with Gasteiger partial charge in [-0.15, -0.1) is 0 Å². The van der Waals surface area contributed by atoms with Gasteiger partial charge < -0.3 is 19.6 Å². The molecule has 1 unspecified atom stereocenters. The number of carbonyl (C=O) groups excluding carboxylic acids is 2. The fraction of sp³-hybridized carbons (Fsp3) is 0.600. The number of aromatic nitrogens is 1. The third kappa shape index (κ3) is 3.84. The number of amides is 3. The molecule has 3 aliphatic rings. The van der Waals surface area contributed by atoms with E-state index in [9.17, 15) is 19.5 Å². The Morgan fingerprint density at radius 2 is 2.00 bits per heavy atom. The fourth-order valence-electron chi connectivity index (χ4n) is 4.76. The van der Waals surface area contributed by atoms with Crippen molar-refractivity contribution in [2.75, 3.05) is 39.3 Å². The lowest BCUT2D eigenvalue weighted by molar-refractivity contribution is -0.147. The van der Waals surface area contributed by atoms with E-state index in [1.807, 2.05) is 18.2 Å². The van der Waals surface area contributed by atoms with Gasteiger partial charge in [-0.05, 0) is 25.0 Å². The quantitative estimate of drug-likeness (QED) is 0.714. The molecule has 3 fully saturated rings. The van der Waals surface area contributed by atoms with Gasteiger partial charge in [0.25, 0.3) is 0 Å². The zero-order valence-electron chi connectivity index (χ0n) is 17.0. The van der Waals surface area contributed by atoms with Crippen molar-refractivity contribution in [2.45, 2.75) is 37.6 Å². The van der Waals surface area contributed by atoms with E-state index in [0.717, 1.165) is 10.6 Å². The van der Waals surface area contributed by atoms with Crippen molar-refractivity contribution in [3.05, 3.63) is 30.1 Å². The minimum atomic E-state index is -1.12. The van der Waals surface area contributed by atoms with Crippen molar-refractivity contribution in [1.82, 2.24) is 25.0 Å². The molecule has 4 rings (SSSR count). The van der Waals surface area contributed by atoms with Crippen LogP contribution in [0.25, 0.3) is 0 Å². The van der Waals surface area contributed by atoms with Crippen molar-refractivity contribution in [3.8, 4) is 0 Å². The van der Waals surface area contributed by atoms with E-state index in [2.05, 4.69) is 10.3 Å². The van der Waals surface area contributed by atoms with Gasteiger partial charge in [-0.25, -0.2) is 4.79 Å². The highest BCUT2D eigenvalue weighted by atomic mass is 16.5. The Hall–Kier alpha value is -2.72. The maximum Gasteiger partial charge on any atom is 0.407 e. The molecule has 2 N–H and O–H groups in total. The number of nitrogens with zero attached hydrogens (tertiary/aromatic N) is 4. The van der Waals surface area contributed by atoms with Crippen LogP contribution in [0.4, 0.5) is 4.79 Å². The van der Waals surface area contributed by atoms with Crippen LogP contribution in [0.3, 0.4) is 0 Å². The molecule has 1 aromatic rings. The molecule has 0 aromatic carbocycles. The summed E-state index contributed by atoms with van der Waals surface area (Å²) in [6, 6.07) is 5.55. The Bertz CT molecular complexity index is 826. The third-order valence-corrected chi connectivity index (χ3v) is 6.31. The van der Waals surface area contributed by atoms with Crippen molar-refractivity contribution in [1.29, 1.82) is 0 Å². The zero-order chi connectivity index (χ0) is 21.4. The van der Waals surface area contributed by atoms with Gasteiger partial charge in [-0.2, -0.15) is 0 Å². The van der Waals surface area contributed by atoms with Crippen LogP contribution in [0.2, 0.25) is 0 Å². The second kappa shape index (κ2) is 7.84. The molecule has 10 nitrogen and oxygen atoms in total. The Morgan fingerprint density at radius 1 is 1.23 bits per heavy atom. The Balaban J connectivity index is 1.53. The average molecular weight is 417 g/mol. The van der Waals surface area contributed by atoms with E-state index in [4.69, 9.17) is 4.74 Å². The standard InChI is InChI=1S/C20H27N5O5/c1-15(26)23-8-5-19(6-9-23)12-25-17(27)10-24(18(28)29)13-20(25,22-19)14-30-11-16-4-2-3-7-21-16/h2-4,7,22H,5-6,8-14H2,1H3,(H,28,29). The molecule has 0 saturated carbocycles. The summed E-state index contributed by atoms with van der Waals surface area (Å²) in [6.07, 6.45) is 1.96. The lowest BCUT2D eigenvalue weighted by Gasteiger charge is -2.45. The van der Waals surface area contributed by atoms with Gasteiger partial charge in [0.15, 0.2) is 0 Å². The first kappa shape index (κ1) is 20.5. The van der Waals surface area contributed by atoms with Gasteiger partial charge >= 0.3 is 6.09 Å². The number of pyridine rings is 1. The molecule has 1 aromatic heterocycles. The summed E-state index contributed by atoms with van der Waals surface area (Å²) in [7, 11) is 0. The summed E-state index contributed by atoms with van der Waals surface area (Å²) in [5.41, 5.74) is -0.522. The van der Waals surface area contributed by atoms with Crippen LogP contribution >= 0.6 is 0 Å². The van der Waals surface area contributed by atoms with Crippen LogP contribution in [-0.4, -0.2) is 93.2 Å². The normalized spacial score (nSPS) is 25.5. The lowest BCUT2D eigenvalue weighted by Crippen LogP contribution is -2.70. The Morgan fingerprint density at radius 3 is 2.63 bits per heavy atom. The number of fused-ring (bicyclic) bond motifs is 1. The highest BCUT2D eigenvalue weighted by molar-refractivity contribution is 5.84. The minimum absolute atomic E-state index is 0.0436. The molecule has 0 radical (unpaired) electrons. The first-order chi connectivity index (χ1) is 14.3. The number of carboxylic acid groups (broad SMARTS) is 1. The second-order valence-corrected chi connectivity index (χ2v) is 8.38. The summed E-state index contributed by atoms with van der Waals surface area (Å²) in [5.74, 6) is -0.189. The van der Waals surface area contributed by atoms with Crippen LogP contribution < -0.4 is 5.32 Å². The first-order valence-corrected chi connectivity index (χ1v) is 10.1. The Labute approximate surface area is 174 Å². The van der Waals surface area contributed by atoms with E-state index in [1.54, 1.807) is 22.9 Å². The molecule has 162 valence electrons. The number of hydrogen-bond donors (Lipinski definition) is 2. The number of piperidine rings is 1. The van der Waals surface area contributed by atoms with Crippen molar-refractivity contribution in [3.63, 3.8) is 0 Å². The van der Waals surface area contributed by atoms with Crippen molar-refractivity contribution < 1.29 is 24.2 Å². The SMILES string of the molecule is CC(=O)N1CCC2(CC1)CN1C(=O)CN(C(=O)O)CC1(COCc1ccccn1)N2. The summed E-state index contributed by atoms with van der Waals surface area (Å²) in [6.45, 7) is 3.66. The molecule has 0 bridgehead atoms. The third-order valence-electron chi connectivity index (χ3n) is 6.31. The number of ether oxygens (including phenoxy) is 1. The van der Waals surface area contributed by atoms with Gasteiger partial charge in [-0.1, -0.05) is 6.07 Å². The summed E-state index contributed by atoms with van der Waals surface area (Å²) >= 11 is 0. The number of hydrogen-bond acceptors (Lipinski definition) is 6. The van der Waals surface area contributed by atoms with Gasteiger partial charge in [-0.3, -0.25) is 24.8 Å². The fourth-order valence-corrected chi connectivity index (χ4v) is 4.76. The molecular weight excluding hydrogens is 390 g/mol. The van der Waals surface area contributed by atoms with E-state index < -0.39 is 11.8 Å². The molecule has 0 aliphatic carbocycles. The van der Waals surface area contributed by atoms with Crippen LogP contribution in [0.15, 0.2) is 24.4 Å². The molecule has 3 aliphatic heterocycles. The van der Waals surface area contributed by atoms with E-state index in [0.29, 0.717) is 32.5 Å². The van der Waals surface area contributed by atoms with E-state index >= 15 is 0 Å². The zero-order valence-corrected chi connectivity index (χ0v) is 17.0. The molecule has 3 saturated heterocycles. The number of rotatable bonds is 4. The highest BCUT2D eigenvalue weighted by Crippen LogP contribution is 2.37. The molecular formula is C20H27N5O5. The largest absolute Gasteiger partial charge is 0.465 e. The lowest BCUT2D eigenvalue weighted by atomic mass is 9.88. The predicted octanol–water partition coefficient (Wildman–Crippen LogP) is 0.101. The van der Waals surface area contributed by atoms with Crippen LogP contribution in [-0.2, 0) is 20.9 Å². The number of nitrogens with one attached hydrogen (secondary N) is 1. The molecule has 1 spiro atoms. The first-order valence-electron chi connectivity index (χ1n) is 10.1. The van der Waals surface area contributed by atoms with Gasteiger partial charge in [0.05, 0.1) is 25.5 Å². The maximum atomic E-state index is 12.9. The molecule has 10 heteroatoms. The maximum absolute atomic E-state index is 12.9. The molecule has 3 amide bonds. The average Bonchev–Trinajstić information content (AvgIpc) is 3.03. The Kier molecular flexibility index (Phi) is 5.37. The van der Waals surface area contributed by atoms with E-state index in [-0.39, 0.29) is 43.7 Å². The monoisotopic (exact) mass is 417 g/mol. The van der Waals surface area contributed by atoms with Gasteiger partial charge in [0.2, 0.25) is 11.8 Å². The predicted molar refractivity (Wildman–Crippen MR) is 105 cm³/mol. The van der Waals surface area contributed by atoms with Crippen molar-refractivity contribution in [2.24, 2.45) is 0 Å². The number of likely N-dealkylation sites (tertiary alicyclic amines) is 1. The number of piperazine rings is 1. The van der Waals surface area contributed by atoms with Gasteiger partial charge in [0, 0.05) is 38.3 Å². The van der Waals surface area contributed by atoms with Crippen LogP contribution in [0.5, 0.6) is 0 Å². The molecule has 30 heavy (non-hydrogen) atoms. The smallest absolute Gasteiger partial charge is 0.407 e. The summed E-state index contributed by atoms with van der Waals surface area (Å²) < 4.78 is 5.93. The summed E-state index contributed by atoms with van der Waals surface area (Å²) in [4.78, 5) is 45.2. The van der Waals surface area contributed by atoms with Crippen LogP contribution in [0, 0.1) is 0 Å². The topological polar surface area (TPSA) is 115 Å². The summed E-state index contributed by atoms with van der Waals surface area (Å²) in [5, 5.41) is 13.1. The molecule has 4 heterocycles.